The number of aliphatic hydroxyl groups is 1. The number of hydrogen-bond donors (Lipinski definition) is 1. The van der Waals surface area contributed by atoms with Gasteiger partial charge in [-0.05, 0) is 38.3 Å². The smallest absolute Gasteiger partial charge is 0.384 e. The first-order chi connectivity index (χ1) is 10.7. The maximum atomic E-state index is 13.2. The average Bonchev–Trinajstić information content (AvgIpc) is 2.48. The van der Waals surface area contributed by atoms with Crippen LogP contribution in [0.5, 0.6) is 0 Å². The number of rotatable bonds is 5. The van der Waals surface area contributed by atoms with Gasteiger partial charge < -0.3 is 9.84 Å². The number of benzene rings is 1. The molecule has 23 heavy (non-hydrogen) atoms. The third-order valence-corrected chi connectivity index (χ3v) is 4.28. The van der Waals surface area contributed by atoms with Gasteiger partial charge in [-0.3, -0.25) is 4.90 Å². The fraction of sp³-hybridized carbons (Fsp3) is 0.647. The largest absolute Gasteiger partial charge is 0.416 e. The summed E-state index contributed by atoms with van der Waals surface area (Å²) in [5.41, 5.74) is -2.39. The van der Waals surface area contributed by atoms with Crippen LogP contribution >= 0.6 is 0 Å². The minimum atomic E-state index is -4.47. The van der Waals surface area contributed by atoms with Crippen molar-refractivity contribution in [3.63, 3.8) is 0 Å². The molecule has 0 aromatic heterocycles. The topological polar surface area (TPSA) is 32.7 Å². The summed E-state index contributed by atoms with van der Waals surface area (Å²) in [6, 6.07) is 5.25. The van der Waals surface area contributed by atoms with Crippen LogP contribution < -0.4 is 0 Å². The highest BCUT2D eigenvalue weighted by atomic mass is 19.4. The molecular weight excluding hydrogens is 307 g/mol. The molecule has 1 aromatic rings. The fourth-order valence-electron chi connectivity index (χ4n) is 3.19. The van der Waals surface area contributed by atoms with Crippen molar-refractivity contribution in [2.75, 3.05) is 26.2 Å². The first kappa shape index (κ1) is 18.2. The molecule has 2 rings (SSSR count). The number of halogens is 3. The van der Waals surface area contributed by atoms with Crippen molar-refractivity contribution < 1.29 is 23.0 Å². The molecule has 1 fully saturated rings. The van der Waals surface area contributed by atoms with E-state index in [2.05, 4.69) is 0 Å². The number of alkyl halides is 3. The predicted molar refractivity (Wildman–Crippen MR) is 82.1 cm³/mol. The Hall–Kier alpha value is -1.11. The molecule has 1 aromatic carbocycles. The van der Waals surface area contributed by atoms with Gasteiger partial charge in [0.2, 0.25) is 0 Å². The molecular formula is C17H24F3NO2. The highest BCUT2D eigenvalue weighted by Crippen LogP contribution is 2.37. The molecule has 1 heterocycles. The van der Waals surface area contributed by atoms with E-state index in [1.165, 1.54) is 25.1 Å². The highest BCUT2D eigenvalue weighted by molar-refractivity contribution is 5.34. The van der Waals surface area contributed by atoms with Crippen molar-refractivity contribution in [1.29, 1.82) is 0 Å². The second-order valence-corrected chi connectivity index (χ2v) is 6.25. The van der Waals surface area contributed by atoms with Gasteiger partial charge in [0, 0.05) is 26.2 Å². The Morgan fingerprint density at radius 2 is 1.74 bits per heavy atom. The van der Waals surface area contributed by atoms with Gasteiger partial charge in [0.25, 0.3) is 0 Å². The third kappa shape index (κ3) is 4.68. The minimum Gasteiger partial charge on any atom is -0.384 e. The SMILES string of the molecule is CCOC1CCN(CC(C)(O)c2ccccc2C(F)(F)F)CC1. The zero-order chi connectivity index (χ0) is 17.1. The zero-order valence-corrected chi connectivity index (χ0v) is 13.6. The molecule has 0 bridgehead atoms. The lowest BCUT2D eigenvalue weighted by molar-refractivity contribution is -0.141. The molecule has 1 saturated heterocycles. The molecule has 3 nitrogen and oxygen atoms in total. The van der Waals surface area contributed by atoms with E-state index >= 15 is 0 Å². The quantitative estimate of drug-likeness (QED) is 0.897. The second-order valence-electron chi connectivity index (χ2n) is 6.25. The van der Waals surface area contributed by atoms with E-state index in [9.17, 15) is 18.3 Å². The molecule has 130 valence electrons. The van der Waals surface area contributed by atoms with Gasteiger partial charge in [0.15, 0.2) is 0 Å². The standard InChI is InChI=1S/C17H24F3NO2/c1-3-23-13-8-10-21(11-9-13)12-16(2,22)14-6-4-5-7-15(14)17(18,19)20/h4-7,13,22H,3,8-12H2,1-2H3. The van der Waals surface area contributed by atoms with Crippen LogP contribution in [-0.4, -0.2) is 42.4 Å². The molecule has 1 atom stereocenters. The summed E-state index contributed by atoms with van der Waals surface area (Å²) < 4.78 is 45.0. The summed E-state index contributed by atoms with van der Waals surface area (Å²) in [6.07, 6.45) is -2.58. The molecule has 0 saturated carbocycles. The second kappa shape index (κ2) is 7.20. The van der Waals surface area contributed by atoms with E-state index in [0.717, 1.165) is 32.0 Å². The van der Waals surface area contributed by atoms with Crippen molar-refractivity contribution in [1.82, 2.24) is 4.90 Å². The van der Waals surface area contributed by atoms with Crippen molar-refractivity contribution in [2.24, 2.45) is 0 Å². The summed E-state index contributed by atoms with van der Waals surface area (Å²) in [5.74, 6) is 0. The number of likely N-dealkylation sites (tertiary alicyclic amines) is 1. The summed E-state index contributed by atoms with van der Waals surface area (Å²) in [6.45, 7) is 5.68. The van der Waals surface area contributed by atoms with E-state index in [4.69, 9.17) is 4.74 Å². The van der Waals surface area contributed by atoms with Crippen LogP contribution in [0.3, 0.4) is 0 Å². The van der Waals surface area contributed by atoms with Crippen LogP contribution in [-0.2, 0) is 16.5 Å². The maximum absolute atomic E-state index is 13.2. The van der Waals surface area contributed by atoms with Crippen LogP contribution in [0.2, 0.25) is 0 Å². The normalized spacial score (nSPS) is 20.4. The van der Waals surface area contributed by atoms with Gasteiger partial charge in [-0.2, -0.15) is 13.2 Å². The lowest BCUT2D eigenvalue weighted by Gasteiger charge is -2.37. The highest BCUT2D eigenvalue weighted by Gasteiger charge is 2.39. The summed E-state index contributed by atoms with van der Waals surface area (Å²) in [7, 11) is 0. The van der Waals surface area contributed by atoms with Crippen LogP contribution in [0.25, 0.3) is 0 Å². The van der Waals surface area contributed by atoms with Gasteiger partial charge in [-0.1, -0.05) is 18.2 Å². The number of nitrogens with zero attached hydrogens (tertiary/aromatic N) is 1. The molecule has 1 aliphatic heterocycles. The Balaban J connectivity index is 2.08. The zero-order valence-electron chi connectivity index (χ0n) is 13.6. The van der Waals surface area contributed by atoms with Crippen LogP contribution in [0.4, 0.5) is 13.2 Å². The molecule has 0 amide bonds. The Kier molecular flexibility index (Phi) is 5.70. The molecule has 0 radical (unpaired) electrons. The Morgan fingerprint density at radius 3 is 2.26 bits per heavy atom. The minimum absolute atomic E-state index is 0.0700. The van der Waals surface area contributed by atoms with Crippen molar-refractivity contribution >= 4 is 0 Å². The van der Waals surface area contributed by atoms with E-state index in [-0.39, 0.29) is 18.2 Å². The Labute approximate surface area is 135 Å². The van der Waals surface area contributed by atoms with Gasteiger partial charge >= 0.3 is 6.18 Å². The number of hydrogen-bond acceptors (Lipinski definition) is 3. The summed E-state index contributed by atoms with van der Waals surface area (Å²) >= 11 is 0. The van der Waals surface area contributed by atoms with E-state index in [1.807, 2.05) is 11.8 Å². The molecule has 6 heteroatoms. The van der Waals surface area contributed by atoms with E-state index < -0.39 is 17.3 Å². The van der Waals surface area contributed by atoms with Crippen molar-refractivity contribution in [2.45, 2.75) is 44.6 Å². The van der Waals surface area contributed by atoms with Gasteiger partial charge in [0.05, 0.1) is 11.7 Å². The fourth-order valence-corrected chi connectivity index (χ4v) is 3.19. The first-order valence-electron chi connectivity index (χ1n) is 7.97. The number of ether oxygens (including phenoxy) is 1. The number of β-amino-alcohol motifs (C(OH)–C–C–N with tert-alkyl or cyclic N) is 1. The monoisotopic (exact) mass is 331 g/mol. The molecule has 1 N–H and O–H groups in total. The summed E-state index contributed by atoms with van der Waals surface area (Å²) in [4.78, 5) is 2.00. The summed E-state index contributed by atoms with van der Waals surface area (Å²) in [5, 5.41) is 10.7. The first-order valence-corrected chi connectivity index (χ1v) is 7.97. The third-order valence-electron chi connectivity index (χ3n) is 4.28. The van der Waals surface area contributed by atoms with Crippen LogP contribution in [0.15, 0.2) is 24.3 Å². The maximum Gasteiger partial charge on any atom is 0.416 e. The molecule has 0 spiro atoms. The number of piperidine rings is 1. The molecule has 1 unspecified atom stereocenters. The molecule has 0 aliphatic carbocycles. The van der Waals surface area contributed by atoms with Gasteiger partial charge in [-0.15, -0.1) is 0 Å². The van der Waals surface area contributed by atoms with E-state index in [1.54, 1.807) is 0 Å². The lowest BCUT2D eigenvalue weighted by atomic mass is 9.90. The van der Waals surface area contributed by atoms with E-state index in [0.29, 0.717) is 6.61 Å². The van der Waals surface area contributed by atoms with Crippen LogP contribution in [0.1, 0.15) is 37.8 Å². The van der Waals surface area contributed by atoms with Crippen molar-refractivity contribution in [3.05, 3.63) is 35.4 Å². The van der Waals surface area contributed by atoms with Gasteiger partial charge in [0.1, 0.15) is 5.60 Å². The average molecular weight is 331 g/mol. The van der Waals surface area contributed by atoms with Gasteiger partial charge in [-0.25, -0.2) is 0 Å². The Bertz CT molecular complexity index is 509. The Morgan fingerprint density at radius 1 is 1.17 bits per heavy atom. The van der Waals surface area contributed by atoms with Crippen LogP contribution in [0, 0.1) is 0 Å². The predicted octanol–water partition coefficient (Wildman–Crippen LogP) is 3.41. The van der Waals surface area contributed by atoms with Crippen molar-refractivity contribution in [3.8, 4) is 0 Å². The molecule has 1 aliphatic rings. The lowest BCUT2D eigenvalue weighted by Crippen LogP contribution is -2.45.